The summed E-state index contributed by atoms with van der Waals surface area (Å²) in [5.41, 5.74) is 1.57. The second-order valence-corrected chi connectivity index (χ2v) is 8.66. The summed E-state index contributed by atoms with van der Waals surface area (Å²) < 4.78 is 11.3. The molecule has 1 heterocycles. The maximum absolute atomic E-state index is 13.1. The second kappa shape index (κ2) is 11.7. The summed E-state index contributed by atoms with van der Waals surface area (Å²) in [7, 11) is 3.85. The van der Waals surface area contributed by atoms with Gasteiger partial charge in [-0.3, -0.25) is 9.59 Å². The number of amides is 2. The lowest BCUT2D eigenvalue weighted by atomic mass is 10.0. The van der Waals surface area contributed by atoms with E-state index in [1.807, 2.05) is 62.3 Å². The molecule has 1 N–H and O–H groups in total. The molecule has 0 aliphatic carbocycles. The first-order valence-electron chi connectivity index (χ1n) is 11.7. The number of hydrogen-bond donors (Lipinski definition) is 1. The third kappa shape index (κ3) is 6.48. The molecule has 3 rings (SSSR count). The minimum atomic E-state index is -0.839. The average Bonchev–Trinajstić information content (AvgIpc) is 2.83. The Balaban J connectivity index is 1.76. The third-order valence-electron chi connectivity index (χ3n) is 5.79. The van der Waals surface area contributed by atoms with Crippen molar-refractivity contribution in [3.63, 3.8) is 0 Å². The predicted molar refractivity (Wildman–Crippen MR) is 136 cm³/mol. The normalized spacial score (nSPS) is 12.9. The average molecular weight is 480 g/mol. The molecule has 8 heteroatoms. The highest BCUT2D eigenvalue weighted by Crippen LogP contribution is 2.30. The first-order valence-corrected chi connectivity index (χ1v) is 11.7. The lowest BCUT2D eigenvalue weighted by Gasteiger charge is -2.30. The largest absolute Gasteiger partial charge is 0.481 e. The number of fused-ring (bicyclic) bond motifs is 1. The number of likely N-dealkylation sites (N-methyl/N-ethyl adjacent to an activating group) is 2. The zero-order valence-corrected chi connectivity index (χ0v) is 20.9. The number of carbonyl (C=O) groups is 2. The summed E-state index contributed by atoms with van der Waals surface area (Å²) in [6.45, 7) is 6.74. The molecule has 35 heavy (non-hydrogen) atoms. The van der Waals surface area contributed by atoms with Gasteiger partial charge in [-0.2, -0.15) is 0 Å². The first kappa shape index (κ1) is 26.0. The highest BCUT2D eigenvalue weighted by atomic mass is 16.5. The van der Waals surface area contributed by atoms with Gasteiger partial charge in [-0.15, -0.1) is 0 Å². The van der Waals surface area contributed by atoms with Crippen molar-refractivity contribution in [1.29, 1.82) is 0 Å². The highest BCUT2D eigenvalue weighted by molar-refractivity contribution is 5.94. The Hall–Kier alpha value is -3.65. The van der Waals surface area contributed by atoms with Crippen LogP contribution in [0.15, 0.2) is 63.8 Å². The Labute approximate surface area is 205 Å². The molecule has 0 fully saturated rings. The zero-order valence-electron chi connectivity index (χ0n) is 20.9. The van der Waals surface area contributed by atoms with Crippen molar-refractivity contribution in [3.8, 4) is 16.9 Å². The smallest absolute Gasteiger partial charge is 0.336 e. The van der Waals surface area contributed by atoms with Crippen LogP contribution in [0.4, 0.5) is 0 Å². The number of hydrogen-bond acceptors (Lipinski definition) is 6. The molecule has 0 spiro atoms. The van der Waals surface area contributed by atoms with Crippen LogP contribution in [0.5, 0.6) is 5.75 Å². The molecule has 8 nitrogen and oxygen atoms in total. The highest BCUT2D eigenvalue weighted by Gasteiger charge is 2.29. The number of ether oxygens (including phenoxy) is 1. The van der Waals surface area contributed by atoms with Gasteiger partial charge in [0.25, 0.3) is 5.91 Å². The molecule has 0 aliphatic heterocycles. The molecule has 2 atom stereocenters. The van der Waals surface area contributed by atoms with Crippen molar-refractivity contribution >= 4 is 22.8 Å². The van der Waals surface area contributed by atoms with E-state index in [0.717, 1.165) is 16.5 Å². The molecule has 0 bridgehead atoms. The Bertz CT molecular complexity index is 1220. The number of carbonyl (C=O) groups excluding carboxylic acids is 2. The molecule has 0 radical (unpaired) electrons. The molecule has 0 aliphatic rings. The van der Waals surface area contributed by atoms with Gasteiger partial charge < -0.3 is 24.3 Å². The molecule has 0 saturated carbocycles. The molecule has 0 saturated heterocycles. The molecule has 2 amide bonds. The van der Waals surface area contributed by atoms with E-state index in [1.165, 1.54) is 11.0 Å². The van der Waals surface area contributed by atoms with Crippen LogP contribution in [0.2, 0.25) is 0 Å². The molecular formula is C27H33N3O5. The number of nitrogens with zero attached hydrogens (tertiary/aromatic N) is 2. The molecule has 0 unspecified atom stereocenters. The summed E-state index contributed by atoms with van der Waals surface area (Å²) in [6.07, 6.45) is -0.839. The SMILES string of the molecule is CCN(C(=O)[C@@H](C)Oc1ccc2c(-c3ccccc3)cc(=O)oc2c1)[C@H](C)C(=O)NCCN(C)C. The minimum Gasteiger partial charge on any atom is -0.481 e. The molecule has 1 aromatic heterocycles. The van der Waals surface area contributed by atoms with E-state index in [-0.39, 0.29) is 11.8 Å². The van der Waals surface area contributed by atoms with Gasteiger partial charge in [-0.05, 0) is 58.1 Å². The van der Waals surface area contributed by atoms with Gasteiger partial charge in [0, 0.05) is 37.2 Å². The first-order chi connectivity index (χ1) is 16.7. The van der Waals surface area contributed by atoms with Crippen molar-refractivity contribution in [1.82, 2.24) is 15.1 Å². The van der Waals surface area contributed by atoms with Gasteiger partial charge in [0.15, 0.2) is 6.10 Å². The van der Waals surface area contributed by atoms with Crippen LogP contribution in [-0.2, 0) is 9.59 Å². The van der Waals surface area contributed by atoms with E-state index < -0.39 is 17.8 Å². The summed E-state index contributed by atoms with van der Waals surface area (Å²) in [6, 6.07) is 15.6. The lowest BCUT2D eigenvalue weighted by molar-refractivity contribution is -0.144. The van der Waals surface area contributed by atoms with Gasteiger partial charge in [0.1, 0.15) is 17.4 Å². The van der Waals surface area contributed by atoms with Gasteiger partial charge in [0.2, 0.25) is 5.91 Å². The summed E-state index contributed by atoms with van der Waals surface area (Å²) in [5, 5.41) is 3.62. The standard InChI is InChI=1S/C27H33N3O5/c1-6-30(18(2)26(32)28-14-15-29(4)5)27(33)19(3)34-21-12-13-22-23(20-10-8-7-9-11-20)17-25(31)35-24(22)16-21/h7-13,16-19H,6,14-15H2,1-5H3,(H,28,32)/t18-,19-/m1/s1. The fourth-order valence-electron chi connectivity index (χ4n) is 3.87. The maximum atomic E-state index is 13.1. The van der Waals surface area contributed by atoms with E-state index in [4.69, 9.17) is 9.15 Å². The number of rotatable bonds is 10. The van der Waals surface area contributed by atoms with E-state index in [2.05, 4.69) is 5.32 Å². The van der Waals surface area contributed by atoms with Crippen LogP contribution in [0.25, 0.3) is 22.1 Å². The van der Waals surface area contributed by atoms with E-state index in [0.29, 0.717) is 31.0 Å². The summed E-state index contributed by atoms with van der Waals surface area (Å²) in [5.74, 6) is -0.122. The van der Waals surface area contributed by atoms with Crippen molar-refractivity contribution in [2.45, 2.75) is 32.9 Å². The van der Waals surface area contributed by atoms with Crippen LogP contribution in [0, 0.1) is 0 Å². The lowest BCUT2D eigenvalue weighted by Crippen LogP contribution is -2.52. The minimum absolute atomic E-state index is 0.213. The van der Waals surface area contributed by atoms with Gasteiger partial charge in [0.05, 0.1) is 0 Å². The fourth-order valence-corrected chi connectivity index (χ4v) is 3.87. The summed E-state index contributed by atoms with van der Waals surface area (Å²) >= 11 is 0. The van der Waals surface area contributed by atoms with E-state index in [9.17, 15) is 14.4 Å². The van der Waals surface area contributed by atoms with Crippen LogP contribution < -0.4 is 15.7 Å². The van der Waals surface area contributed by atoms with Gasteiger partial charge in [-0.1, -0.05) is 30.3 Å². The molecule has 3 aromatic rings. The maximum Gasteiger partial charge on any atom is 0.336 e. The van der Waals surface area contributed by atoms with Gasteiger partial charge in [-0.25, -0.2) is 4.79 Å². The second-order valence-electron chi connectivity index (χ2n) is 8.66. The van der Waals surface area contributed by atoms with Crippen LogP contribution in [0.3, 0.4) is 0 Å². The zero-order chi connectivity index (χ0) is 25.5. The Morgan fingerprint density at radius 2 is 1.77 bits per heavy atom. The predicted octanol–water partition coefficient (Wildman–Crippen LogP) is 3.14. The van der Waals surface area contributed by atoms with Crippen molar-refractivity contribution < 1.29 is 18.7 Å². The van der Waals surface area contributed by atoms with Crippen LogP contribution in [0.1, 0.15) is 20.8 Å². The molecule has 186 valence electrons. The van der Waals surface area contributed by atoms with Crippen molar-refractivity contribution in [2.75, 3.05) is 33.7 Å². The number of nitrogens with one attached hydrogen (secondary N) is 1. The Morgan fingerprint density at radius 1 is 1.06 bits per heavy atom. The monoisotopic (exact) mass is 479 g/mol. The van der Waals surface area contributed by atoms with Crippen LogP contribution in [-0.4, -0.2) is 67.5 Å². The van der Waals surface area contributed by atoms with Gasteiger partial charge >= 0.3 is 5.63 Å². The van der Waals surface area contributed by atoms with Crippen molar-refractivity contribution in [3.05, 3.63) is 65.0 Å². The quantitative estimate of drug-likeness (QED) is 0.449. The van der Waals surface area contributed by atoms with Crippen molar-refractivity contribution in [2.24, 2.45) is 0 Å². The molecular weight excluding hydrogens is 446 g/mol. The number of benzene rings is 2. The molecule has 2 aromatic carbocycles. The fraction of sp³-hybridized carbons (Fsp3) is 0.370. The Kier molecular flexibility index (Phi) is 8.65. The summed E-state index contributed by atoms with van der Waals surface area (Å²) in [4.78, 5) is 41.3. The Morgan fingerprint density at radius 3 is 2.43 bits per heavy atom. The van der Waals surface area contributed by atoms with Crippen LogP contribution >= 0.6 is 0 Å². The topological polar surface area (TPSA) is 92.1 Å². The van der Waals surface area contributed by atoms with E-state index in [1.54, 1.807) is 26.0 Å². The third-order valence-corrected chi connectivity index (χ3v) is 5.79. The van der Waals surface area contributed by atoms with E-state index >= 15 is 0 Å².